The number of carbonyl (C=O) groups is 1. The molecule has 1 heterocycles. The van der Waals surface area contributed by atoms with Crippen LogP contribution in [0.5, 0.6) is 0 Å². The van der Waals surface area contributed by atoms with E-state index in [1.54, 1.807) is 0 Å². The van der Waals surface area contributed by atoms with Crippen molar-refractivity contribution in [1.29, 1.82) is 0 Å². The summed E-state index contributed by atoms with van der Waals surface area (Å²) in [7, 11) is 0. The molecule has 0 atom stereocenters. The summed E-state index contributed by atoms with van der Waals surface area (Å²) >= 11 is 14.5. The number of rotatable bonds is 2. The zero-order chi connectivity index (χ0) is 10.0. The topological polar surface area (TPSA) is 44.1 Å². The van der Waals surface area contributed by atoms with Crippen LogP contribution in [0.2, 0.25) is 10.3 Å². The van der Waals surface area contributed by atoms with Crippen molar-refractivity contribution in [3.8, 4) is 0 Å². The summed E-state index contributed by atoms with van der Waals surface area (Å²) in [5.41, 5.74) is 0. The van der Waals surface area contributed by atoms with Crippen molar-refractivity contribution in [2.24, 2.45) is 0 Å². The molecule has 1 aromatic rings. The molecule has 0 spiro atoms. The monoisotopic (exact) mass is 286 g/mol. The van der Waals surface area contributed by atoms with Crippen LogP contribution in [-0.2, 0) is 16.3 Å². The molecule has 0 aliphatic heterocycles. The van der Waals surface area contributed by atoms with Crippen LogP contribution in [-0.4, -0.2) is 15.5 Å². The fraction of sp³-hybridized carbons (Fsp3) is 0.333. The third-order valence-corrected chi connectivity index (χ3v) is 2.57. The molecule has 1 aromatic heterocycles. The molecule has 0 saturated heterocycles. The Labute approximate surface area is 92.9 Å². The lowest BCUT2D eigenvalue weighted by Crippen LogP contribution is -2.06. The first-order valence-corrected chi connectivity index (χ1v) is 4.77. The van der Waals surface area contributed by atoms with Gasteiger partial charge in [-0.3, -0.25) is 9.36 Å². The van der Waals surface area contributed by atoms with E-state index in [2.05, 4.69) is 20.9 Å². The highest BCUT2D eigenvalue weighted by Crippen LogP contribution is 2.25. The minimum Gasteiger partial charge on any atom is -0.444 e. The van der Waals surface area contributed by atoms with Crippen molar-refractivity contribution in [3.05, 3.63) is 15.0 Å². The highest BCUT2D eigenvalue weighted by atomic mass is 79.9. The summed E-state index contributed by atoms with van der Waals surface area (Å²) < 4.78 is 6.56. The third-order valence-electron chi connectivity index (χ3n) is 1.22. The fourth-order valence-electron chi connectivity index (χ4n) is 0.645. The second-order valence-corrected chi connectivity index (χ2v) is 3.58. The Hall–Kier alpha value is -0.260. The third kappa shape index (κ3) is 2.59. The number of esters is 1. The summed E-state index contributed by atoms with van der Waals surface area (Å²) in [5.74, 6) is -0.396. The predicted molar refractivity (Wildman–Crippen MR) is 51.7 cm³/mol. The molecule has 0 aliphatic carbocycles. The van der Waals surface area contributed by atoms with Crippen LogP contribution in [0.3, 0.4) is 0 Å². The van der Waals surface area contributed by atoms with Crippen molar-refractivity contribution in [2.45, 2.75) is 13.7 Å². The Kier molecular flexibility index (Phi) is 3.58. The molecule has 0 unspecified atom stereocenters. The standard InChI is InChI=1S/C6H5BrCl2N2O2/c1-3(12)13-2-11-5(9)4(8)10-6(11)7/h2H2,1H3. The molecule has 0 radical (unpaired) electrons. The van der Waals surface area contributed by atoms with Gasteiger partial charge in [0.05, 0.1) is 0 Å². The van der Waals surface area contributed by atoms with Gasteiger partial charge < -0.3 is 4.74 Å². The van der Waals surface area contributed by atoms with Crippen LogP contribution in [0.4, 0.5) is 0 Å². The molecule has 0 N–H and O–H groups in total. The minimum atomic E-state index is -0.396. The molecule has 0 bridgehead atoms. The second-order valence-electron chi connectivity index (χ2n) is 2.16. The Morgan fingerprint density at radius 2 is 2.31 bits per heavy atom. The fourth-order valence-corrected chi connectivity index (χ4v) is 1.66. The zero-order valence-corrected chi connectivity index (χ0v) is 9.65. The molecule has 4 nitrogen and oxygen atoms in total. The number of nitrogens with zero attached hydrogens (tertiary/aromatic N) is 2. The van der Waals surface area contributed by atoms with Crippen molar-refractivity contribution in [1.82, 2.24) is 9.55 Å². The van der Waals surface area contributed by atoms with Crippen molar-refractivity contribution < 1.29 is 9.53 Å². The summed E-state index contributed by atoms with van der Waals surface area (Å²) in [6.07, 6.45) is 0. The lowest BCUT2D eigenvalue weighted by molar-refractivity contribution is -0.144. The SMILES string of the molecule is CC(=O)OCn1c(Br)nc(Cl)c1Cl. The highest BCUT2D eigenvalue weighted by molar-refractivity contribution is 9.10. The first-order chi connectivity index (χ1) is 6.02. The van der Waals surface area contributed by atoms with Gasteiger partial charge in [-0.1, -0.05) is 23.2 Å². The number of aromatic nitrogens is 2. The smallest absolute Gasteiger partial charge is 0.304 e. The van der Waals surface area contributed by atoms with Crippen molar-refractivity contribution in [2.75, 3.05) is 0 Å². The van der Waals surface area contributed by atoms with E-state index in [0.29, 0.717) is 4.73 Å². The minimum absolute atomic E-state index is 0.00549. The normalized spacial score (nSPS) is 10.2. The number of hydrogen-bond donors (Lipinski definition) is 0. The summed E-state index contributed by atoms with van der Waals surface area (Å²) in [6.45, 7) is 1.30. The average molecular weight is 288 g/mol. The van der Waals surface area contributed by atoms with Gasteiger partial charge in [0.1, 0.15) is 0 Å². The van der Waals surface area contributed by atoms with Gasteiger partial charge in [-0.15, -0.1) is 0 Å². The van der Waals surface area contributed by atoms with Crippen LogP contribution in [0, 0.1) is 0 Å². The van der Waals surface area contributed by atoms with E-state index in [1.165, 1.54) is 11.5 Å². The zero-order valence-electron chi connectivity index (χ0n) is 6.55. The number of halogens is 3. The lowest BCUT2D eigenvalue weighted by Gasteiger charge is -2.04. The molecule has 0 fully saturated rings. The van der Waals surface area contributed by atoms with Crippen LogP contribution >= 0.6 is 39.1 Å². The van der Waals surface area contributed by atoms with Gasteiger partial charge in [0.25, 0.3) is 0 Å². The molecule has 0 amide bonds. The maximum absolute atomic E-state index is 10.5. The van der Waals surface area contributed by atoms with E-state index < -0.39 is 5.97 Å². The van der Waals surface area contributed by atoms with Crippen LogP contribution < -0.4 is 0 Å². The van der Waals surface area contributed by atoms with Gasteiger partial charge in [0.2, 0.25) is 0 Å². The van der Waals surface area contributed by atoms with Gasteiger partial charge in [-0.2, -0.15) is 0 Å². The van der Waals surface area contributed by atoms with Gasteiger partial charge in [-0.25, -0.2) is 4.98 Å². The number of carbonyl (C=O) groups excluding carboxylic acids is 1. The summed E-state index contributed by atoms with van der Waals surface area (Å²) in [6, 6.07) is 0. The van der Waals surface area contributed by atoms with Gasteiger partial charge in [0.15, 0.2) is 21.8 Å². The maximum Gasteiger partial charge on any atom is 0.304 e. The molecule has 72 valence electrons. The van der Waals surface area contributed by atoms with Crippen LogP contribution in [0.15, 0.2) is 4.73 Å². The Bertz CT molecular complexity index is 340. The molecule has 13 heavy (non-hydrogen) atoms. The lowest BCUT2D eigenvalue weighted by atomic mass is 10.8. The molecule has 1 rings (SSSR count). The van der Waals surface area contributed by atoms with E-state index in [9.17, 15) is 4.79 Å². The molecule has 0 aliphatic rings. The second kappa shape index (κ2) is 4.30. The van der Waals surface area contributed by atoms with Crippen LogP contribution in [0.25, 0.3) is 0 Å². The van der Waals surface area contributed by atoms with Crippen LogP contribution in [0.1, 0.15) is 6.92 Å². The highest BCUT2D eigenvalue weighted by Gasteiger charge is 2.12. The molecular weight excluding hydrogens is 283 g/mol. The molecule has 0 aromatic carbocycles. The van der Waals surface area contributed by atoms with Crippen molar-refractivity contribution >= 4 is 45.1 Å². The van der Waals surface area contributed by atoms with E-state index in [4.69, 9.17) is 27.9 Å². The largest absolute Gasteiger partial charge is 0.444 e. The van der Waals surface area contributed by atoms with E-state index >= 15 is 0 Å². The van der Waals surface area contributed by atoms with Gasteiger partial charge in [-0.05, 0) is 15.9 Å². The molecular formula is C6H5BrCl2N2O2. The maximum atomic E-state index is 10.5. The molecule has 0 saturated carbocycles. The van der Waals surface area contributed by atoms with Gasteiger partial charge in [0, 0.05) is 6.92 Å². The quantitative estimate of drug-likeness (QED) is 0.785. The average Bonchev–Trinajstić information content (AvgIpc) is 2.24. The summed E-state index contributed by atoms with van der Waals surface area (Å²) in [4.78, 5) is 14.3. The molecule has 7 heteroatoms. The first-order valence-electron chi connectivity index (χ1n) is 3.22. The first kappa shape index (κ1) is 10.8. The number of ether oxygens (including phenoxy) is 1. The van der Waals surface area contributed by atoms with E-state index in [1.807, 2.05) is 0 Å². The van der Waals surface area contributed by atoms with Crippen molar-refractivity contribution in [3.63, 3.8) is 0 Å². The Balaban J connectivity index is 2.81. The Morgan fingerprint density at radius 3 is 2.69 bits per heavy atom. The number of hydrogen-bond acceptors (Lipinski definition) is 3. The van der Waals surface area contributed by atoms with E-state index in [-0.39, 0.29) is 17.0 Å². The van der Waals surface area contributed by atoms with Gasteiger partial charge >= 0.3 is 5.97 Å². The number of imidazole rings is 1. The Morgan fingerprint density at radius 1 is 1.69 bits per heavy atom. The van der Waals surface area contributed by atoms with E-state index in [0.717, 1.165) is 0 Å². The summed E-state index contributed by atoms with van der Waals surface area (Å²) in [5, 5.41) is 0.399. The predicted octanol–water partition coefficient (Wildman–Crippen LogP) is 2.47.